The van der Waals surface area contributed by atoms with E-state index in [1.165, 1.54) is 51.0 Å². The number of halogens is 1. The molecule has 0 unspecified atom stereocenters. The van der Waals surface area contributed by atoms with Crippen LogP contribution >= 0.6 is 0 Å². The SMILES string of the molecule is CCCCCCCCCCNc1cc(C)nc(-c2ccc(C)c(F)c2)n1. The molecule has 0 aliphatic rings. The van der Waals surface area contributed by atoms with Gasteiger partial charge in [-0.3, -0.25) is 0 Å². The molecule has 1 aromatic heterocycles. The summed E-state index contributed by atoms with van der Waals surface area (Å²) in [6.45, 7) is 6.86. The topological polar surface area (TPSA) is 37.8 Å². The Balaban J connectivity index is 1.81. The van der Waals surface area contributed by atoms with Crippen LogP contribution in [0.2, 0.25) is 0 Å². The van der Waals surface area contributed by atoms with Crippen LogP contribution in [0.1, 0.15) is 69.5 Å². The number of aromatic nitrogens is 2. The molecule has 0 saturated heterocycles. The molecule has 1 aromatic carbocycles. The lowest BCUT2D eigenvalue weighted by atomic mass is 10.1. The Bertz CT molecular complexity index is 685. The molecular formula is C22H32FN3. The summed E-state index contributed by atoms with van der Waals surface area (Å²) in [5.74, 6) is 1.17. The summed E-state index contributed by atoms with van der Waals surface area (Å²) >= 11 is 0. The molecule has 0 bridgehead atoms. The largest absolute Gasteiger partial charge is 0.370 e. The fourth-order valence-corrected chi connectivity index (χ4v) is 3.00. The molecule has 0 spiro atoms. The van der Waals surface area contributed by atoms with Gasteiger partial charge in [0, 0.05) is 23.9 Å². The highest BCUT2D eigenvalue weighted by Crippen LogP contribution is 2.20. The van der Waals surface area contributed by atoms with E-state index in [-0.39, 0.29) is 5.82 Å². The van der Waals surface area contributed by atoms with E-state index < -0.39 is 0 Å². The number of anilines is 1. The van der Waals surface area contributed by atoms with E-state index in [0.29, 0.717) is 17.0 Å². The zero-order valence-corrected chi connectivity index (χ0v) is 16.4. The van der Waals surface area contributed by atoms with Crippen molar-refractivity contribution in [1.29, 1.82) is 0 Å². The normalized spacial score (nSPS) is 10.9. The fraction of sp³-hybridized carbons (Fsp3) is 0.545. The monoisotopic (exact) mass is 357 g/mol. The molecule has 2 rings (SSSR count). The van der Waals surface area contributed by atoms with Crippen molar-refractivity contribution < 1.29 is 4.39 Å². The third-order valence-electron chi connectivity index (χ3n) is 4.62. The van der Waals surface area contributed by atoms with Crippen LogP contribution in [-0.2, 0) is 0 Å². The smallest absolute Gasteiger partial charge is 0.161 e. The maximum atomic E-state index is 13.8. The molecule has 4 heteroatoms. The van der Waals surface area contributed by atoms with Gasteiger partial charge in [0.2, 0.25) is 0 Å². The van der Waals surface area contributed by atoms with Gasteiger partial charge in [-0.15, -0.1) is 0 Å². The summed E-state index contributed by atoms with van der Waals surface area (Å²) in [6, 6.07) is 7.09. The van der Waals surface area contributed by atoms with Gasteiger partial charge in [0.1, 0.15) is 11.6 Å². The molecule has 0 amide bonds. The summed E-state index contributed by atoms with van der Waals surface area (Å²) in [6.07, 6.45) is 10.4. The number of unbranched alkanes of at least 4 members (excludes halogenated alkanes) is 7. The number of nitrogens with zero attached hydrogens (tertiary/aromatic N) is 2. The van der Waals surface area contributed by atoms with Crippen LogP contribution < -0.4 is 5.32 Å². The second-order valence-corrected chi connectivity index (χ2v) is 7.08. The third-order valence-corrected chi connectivity index (χ3v) is 4.62. The first-order chi connectivity index (χ1) is 12.6. The minimum Gasteiger partial charge on any atom is -0.370 e. The second kappa shape index (κ2) is 10.9. The van der Waals surface area contributed by atoms with Gasteiger partial charge in [-0.1, -0.05) is 64.0 Å². The fourth-order valence-electron chi connectivity index (χ4n) is 3.00. The van der Waals surface area contributed by atoms with Crippen LogP contribution in [0.3, 0.4) is 0 Å². The van der Waals surface area contributed by atoms with Gasteiger partial charge < -0.3 is 5.32 Å². The van der Waals surface area contributed by atoms with Crippen LogP contribution in [-0.4, -0.2) is 16.5 Å². The van der Waals surface area contributed by atoms with Crippen molar-refractivity contribution >= 4 is 5.82 Å². The highest BCUT2D eigenvalue weighted by atomic mass is 19.1. The average Bonchev–Trinajstić information content (AvgIpc) is 2.62. The molecule has 142 valence electrons. The Kier molecular flexibility index (Phi) is 8.52. The van der Waals surface area contributed by atoms with Crippen LogP contribution in [0, 0.1) is 19.7 Å². The molecule has 0 radical (unpaired) electrons. The summed E-state index contributed by atoms with van der Waals surface area (Å²) in [5, 5.41) is 3.39. The van der Waals surface area contributed by atoms with Gasteiger partial charge in [-0.25, -0.2) is 14.4 Å². The van der Waals surface area contributed by atoms with Crippen molar-refractivity contribution in [3.8, 4) is 11.4 Å². The molecule has 0 aliphatic carbocycles. The minimum atomic E-state index is -0.221. The van der Waals surface area contributed by atoms with E-state index >= 15 is 0 Å². The van der Waals surface area contributed by atoms with E-state index in [1.54, 1.807) is 13.0 Å². The Hall–Kier alpha value is -1.97. The van der Waals surface area contributed by atoms with Crippen molar-refractivity contribution in [3.05, 3.63) is 41.3 Å². The van der Waals surface area contributed by atoms with Crippen molar-refractivity contribution in [2.75, 3.05) is 11.9 Å². The first-order valence-corrected chi connectivity index (χ1v) is 9.96. The maximum Gasteiger partial charge on any atom is 0.161 e. The molecule has 1 heterocycles. The van der Waals surface area contributed by atoms with Crippen LogP contribution in [0.5, 0.6) is 0 Å². The molecule has 2 aromatic rings. The lowest BCUT2D eigenvalue weighted by Crippen LogP contribution is -2.05. The molecule has 26 heavy (non-hydrogen) atoms. The molecule has 3 nitrogen and oxygen atoms in total. The van der Waals surface area contributed by atoms with Crippen LogP contribution in [0.4, 0.5) is 10.2 Å². The molecule has 0 aliphatic heterocycles. The number of hydrogen-bond donors (Lipinski definition) is 1. The Morgan fingerprint density at radius 2 is 1.58 bits per heavy atom. The second-order valence-electron chi connectivity index (χ2n) is 7.08. The van der Waals surface area contributed by atoms with Gasteiger partial charge >= 0.3 is 0 Å². The minimum absolute atomic E-state index is 0.221. The highest BCUT2D eigenvalue weighted by molar-refractivity contribution is 5.58. The summed E-state index contributed by atoms with van der Waals surface area (Å²) in [4.78, 5) is 9.00. The zero-order chi connectivity index (χ0) is 18.8. The predicted octanol–water partition coefficient (Wildman–Crippen LogP) is 6.45. The Morgan fingerprint density at radius 3 is 2.27 bits per heavy atom. The number of nitrogens with one attached hydrogen (secondary N) is 1. The van der Waals surface area contributed by atoms with Gasteiger partial charge in [0.05, 0.1) is 0 Å². The van der Waals surface area contributed by atoms with Crippen molar-refractivity contribution in [3.63, 3.8) is 0 Å². The summed E-state index contributed by atoms with van der Waals surface area (Å²) in [7, 11) is 0. The first kappa shape index (κ1) is 20.3. The van der Waals surface area contributed by atoms with E-state index in [9.17, 15) is 4.39 Å². The van der Waals surface area contributed by atoms with Crippen molar-refractivity contribution in [2.45, 2.75) is 72.1 Å². The molecule has 1 N–H and O–H groups in total. The average molecular weight is 358 g/mol. The van der Waals surface area contributed by atoms with E-state index in [1.807, 2.05) is 19.1 Å². The zero-order valence-electron chi connectivity index (χ0n) is 16.4. The van der Waals surface area contributed by atoms with Crippen molar-refractivity contribution in [1.82, 2.24) is 9.97 Å². The number of benzene rings is 1. The molecular weight excluding hydrogens is 325 g/mol. The quantitative estimate of drug-likeness (QED) is 0.469. The van der Waals surface area contributed by atoms with Gasteiger partial charge in [0.15, 0.2) is 5.82 Å². The maximum absolute atomic E-state index is 13.8. The van der Waals surface area contributed by atoms with Gasteiger partial charge in [0.25, 0.3) is 0 Å². The van der Waals surface area contributed by atoms with Gasteiger partial charge in [-0.05, 0) is 31.9 Å². The molecule has 0 saturated carbocycles. The first-order valence-electron chi connectivity index (χ1n) is 9.96. The van der Waals surface area contributed by atoms with E-state index in [4.69, 9.17) is 0 Å². The Labute approximate surface area is 157 Å². The third kappa shape index (κ3) is 6.74. The Morgan fingerprint density at radius 1 is 0.885 bits per heavy atom. The molecule has 0 atom stereocenters. The number of rotatable bonds is 11. The highest BCUT2D eigenvalue weighted by Gasteiger charge is 2.07. The lowest BCUT2D eigenvalue weighted by molar-refractivity contribution is 0.581. The van der Waals surface area contributed by atoms with Gasteiger partial charge in [-0.2, -0.15) is 0 Å². The number of aryl methyl sites for hydroxylation is 2. The standard InChI is InChI=1S/C22H32FN3/c1-4-5-6-7-8-9-10-11-14-24-21-15-18(3)25-22(26-21)19-13-12-17(2)20(23)16-19/h12-13,15-16H,4-11,14H2,1-3H3,(H,24,25,26). The van der Waals surface area contributed by atoms with Crippen LogP contribution in [0.25, 0.3) is 11.4 Å². The number of hydrogen-bond acceptors (Lipinski definition) is 3. The molecule has 0 fully saturated rings. The van der Waals surface area contributed by atoms with Crippen molar-refractivity contribution in [2.24, 2.45) is 0 Å². The summed E-state index contributed by atoms with van der Waals surface area (Å²) in [5.41, 5.74) is 2.23. The van der Waals surface area contributed by atoms with E-state index in [0.717, 1.165) is 24.5 Å². The van der Waals surface area contributed by atoms with Crippen LogP contribution in [0.15, 0.2) is 24.3 Å². The van der Waals surface area contributed by atoms with E-state index in [2.05, 4.69) is 22.2 Å². The predicted molar refractivity (Wildman–Crippen MR) is 108 cm³/mol. The summed E-state index contributed by atoms with van der Waals surface area (Å²) < 4.78 is 13.8. The lowest BCUT2D eigenvalue weighted by Gasteiger charge is -2.09.